The summed E-state index contributed by atoms with van der Waals surface area (Å²) in [6.45, 7) is 1.16. The van der Waals surface area contributed by atoms with E-state index in [-0.39, 0.29) is 18.0 Å². The van der Waals surface area contributed by atoms with Crippen molar-refractivity contribution in [3.8, 4) is 5.75 Å². The molecule has 0 radical (unpaired) electrons. The Morgan fingerprint density at radius 1 is 1.12 bits per heavy atom. The zero-order valence-electron chi connectivity index (χ0n) is 13.8. The van der Waals surface area contributed by atoms with Crippen molar-refractivity contribution in [3.63, 3.8) is 0 Å². The lowest BCUT2D eigenvalue weighted by molar-refractivity contribution is 0.0901. The van der Waals surface area contributed by atoms with Crippen LogP contribution in [0, 0.1) is 0 Å². The number of aliphatic hydroxyl groups is 1. The van der Waals surface area contributed by atoms with Crippen LogP contribution < -0.4 is 4.74 Å². The van der Waals surface area contributed by atoms with Crippen LogP contribution in [-0.4, -0.2) is 75.7 Å². The molecule has 1 aromatic carbocycles. The average Bonchev–Trinajstić information content (AvgIpc) is 2.53. The fraction of sp³-hybridized carbons (Fsp3) is 0.571. The highest BCUT2D eigenvalue weighted by molar-refractivity contribution is 7.89. The Kier molecular flexibility index (Phi) is 5.55. The van der Waals surface area contributed by atoms with Gasteiger partial charge < -0.3 is 9.84 Å². The van der Waals surface area contributed by atoms with Gasteiger partial charge in [-0.15, -0.1) is 0 Å². The van der Waals surface area contributed by atoms with E-state index in [1.807, 2.05) is 0 Å². The van der Waals surface area contributed by atoms with E-state index < -0.39 is 38.7 Å². The minimum Gasteiger partial charge on any atom is -0.497 e. The summed E-state index contributed by atoms with van der Waals surface area (Å²) in [5.41, 5.74) is 0. The molecule has 2 atom stereocenters. The van der Waals surface area contributed by atoms with Gasteiger partial charge in [0.25, 0.3) is 0 Å². The normalized spacial score (nSPS) is 24.0. The van der Waals surface area contributed by atoms with Gasteiger partial charge in [0, 0.05) is 19.1 Å². The number of ether oxygens (including phenoxy) is 1. The van der Waals surface area contributed by atoms with Gasteiger partial charge in [-0.1, -0.05) is 0 Å². The summed E-state index contributed by atoms with van der Waals surface area (Å²) >= 11 is 0. The SMILES string of the molecule is COc1ccc(S(=O)(=O)N2CCN(S(C)(=O)=O)[C@@H](C)[C@@H]2CO)cc1. The second-order valence-electron chi connectivity index (χ2n) is 5.66. The first-order chi connectivity index (χ1) is 11.1. The predicted octanol–water partition coefficient (Wildman–Crippen LogP) is -0.289. The van der Waals surface area contributed by atoms with Gasteiger partial charge in [-0.25, -0.2) is 16.8 Å². The molecule has 0 spiro atoms. The number of benzene rings is 1. The Bertz CT molecular complexity index is 776. The Morgan fingerprint density at radius 3 is 2.12 bits per heavy atom. The van der Waals surface area contributed by atoms with E-state index in [0.717, 1.165) is 6.26 Å². The zero-order chi connectivity index (χ0) is 18.1. The summed E-state index contributed by atoms with van der Waals surface area (Å²) in [5.74, 6) is 0.530. The maximum Gasteiger partial charge on any atom is 0.243 e. The number of methoxy groups -OCH3 is 1. The third kappa shape index (κ3) is 3.57. The fourth-order valence-electron chi connectivity index (χ4n) is 2.89. The fourth-order valence-corrected chi connectivity index (χ4v) is 5.72. The number of sulfonamides is 2. The van der Waals surface area contributed by atoms with Gasteiger partial charge in [0.05, 0.1) is 30.9 Å². The van der Waals surface area contributed by atoms with Gasteiger partial charge in [0.15, 0.2) is 0 Å². The van der Waals surface area contributed by atoms with Crippen molar-refractivity contribution in [2.45, 2.75) is 23.9 Å². The predicted molar refractivity (Wildman–Crippen MR) is 88.8 cm³/mol. The smallest absolute Gasteiger partial charge is 0.243 e. The molecule has 0 aromatic heterocycles. The number of nitrogens with zero attached hydrogens (tertiary/aromatic N) is 2. The number of rotatable bonds is 5. The zero-order valence-corrected chi connectivity index (χ0v) is 15.4. The molecular formula is C14H22N2O6S2. The summed E-state index contributed by atoms with van der Waals surface area (Å²) in [6.07, 6.45) is 1.07. The largest absolute Gasteiger partial charge is 0.497 e. The van der Waals surface area contributed by atoms with E-state index in [1.54, 1.807) is 6.92 Å². The number of hydrogen-bond donors (Lipinski definition) is 1. The first-order valence-electron chi connectivity index (χ1n) is 7.36. The summed E-state index contributed by atoms with van der Waals surface area (Å²) in [4.78, 5) is 0.0711. The van der Waals surface area contributed by atoms with E-state index in [2.05, 4.69) is 0 Å². The molecule has 1 fully saturated rings. The van der Waals surface area contributed by atoms with E-state index in [4.69, 9.17) is 4.74 Å². The molecule has 1 saturated heterocycles. The van der Waals surface area contributed by atoms with Gasteiger partial charge >= 0.3 is 0 Å². The number of aliphatic hydroxyl groups excluding tert-OH is 1. The Morgan fingerprint density at radius 2 is 1.67 bits per heavy atom. The topological polar surface area (TPSA) is 104 Å². The third-order valence-corrected chi connectivity index (χ3v) is 7.51. The highest BCUT2D eigenvalue weighted by Gasteiger charge is 2.43. The van der Waals surface area contributed by atoms with Crippen molar-refractivity contribution in [2.75, 3.05) is 33.1 Å². The van der Waals surface area contributed by atoms with E-state index in [0.29, 0.717) is 5.75 Å². The minimum absolute atomic E-state index is 0.0169. The lowest BCUT2D eigenvalue weighted by Crippen LogP contribution is -2.62. The number of piperazine rings is 1. The molecule has 24 heavy (non-hydrogen) atoms. The minimum atomic E-state index is -3.85. The molecule has 1 aliphatic heterocycles. The van der Waals surface area contributed by atoms with E-state index in [1.165, 1.54) is 40.0 Å². The molecule has 8 nitrogen and oxygen atoms in total. The standard InChI is InChI=1S/C14H22N2O6S2/c1-11-14(10-17)16(9-8-15(11)23(3,18)19)24(20,21)13-6-4-12(22-2)5-7-13/h4-7,11,14,17H,8-10H2,1-3H3/t11-,14-/m0/s1. The Hall–Kier alpha value is -1.20. The number of hydrogen-bond acceptors (Lipinski definition) is 6. The molecule has 0 bridgehead atoms. The molecule has 0 aliphatic carbocycles. The second-order valence-corrected chi connectivity index (χ2v) is 9.48. The molecule has 1 heterocycles. The van der Waals surface area contributed by atoms with Crippen LogP contribution in [0.25, 0.3) is 0 Å². The maximum absolute atomic E-state index is 12.9. The molecule has 10 heteroatoms. The van der Waals surface area contributed by atoms with Gasteiger partial charge in [-0.3, -0.25) is 0 Å². The monoisotopic (exact) mass is 378 g/mol. The van der Waals surface area contributed by atoms with Crippen molar-refractivity contribution in [2.24, 2.45) is 0 Å². The first kappa shape index (κ1) is 19.1. The van der Waals surface area contributed by atoms with Crippen LogP contribution in [0.4, 0.5) is 0 Å². The van der Waals surface area contributed by atoms with Crippen molar-refractivity contribution < 1.29 is 26.7 Å². The van der Waals surface area contributed by atoms with Crippen molar-refractivity contribution in [1.82, 2.24) is 8.61 Å². The van der Waals surface area contributed by atoms with Crippen LogP contribution in [0.15, 0.2) is 29.2 Å². The molecular weight excluding hydrogens is 356 g/mol. The second kappa shape index (κ2) is 6.96. The van der Waals surface area contributed by atoms with Crippen LogP contribution in [-0.2, 0) is 20.0 Å². The molecule has 1 aliphatic rings. The molecule has 0 amide bonds. The molecule has 0 unspecified atom stereocenters. The summed E-state index contributed by atoms with van der Waals surface area (Å²) in [5, 5.41) is 9.66. The highest BCUT2D eigenvalue weighted by atomic mass is 32.2. The molecule has 0 saturated carbocycles. The Labute approximate surface area is 142 Å². The summed E-state index contributed by atoms with van der Waals surface area (Å²) < 4.78 is 56.8. The lowest BCUT2D eigenvalue weighted by atomic mass is 10.1. The van der Waals surface area contributed by atoms with Crippen LogP contribution in [0.2, 0.25) is 0 Å². The maximum atomic E-state index is 12.9. The lowest BCUT2D eigenvalue weighted by Gasteiger charge is -2.43. The van der Waals surface area contributed by atoms with Crippen LogP contribution >= 0.6 is 0 Å². The van der Waals surface area contributed by atoms with Crippen LogP contribution in [0.5, 0.6) is 5.75 Å². The van der Waals surface area contributed by atoms with Gasteiger partial charge in [0.2, 0.25) is 20.0 Å². The summed E-state index contributed by atoms with van der Waals surface area (Å²) in [7, 11) is -5.85. The average molecular weight is 378 g/mol. The van der Waals surface area contributed by atoms with Gasteiger partial charge in [0.1, 0.15) is 5.75 Å². The first-order valence-corrected chi connectivity index (χ1v) is 10.7. The summed E-state index contributed by atoms with van der Waals surface area (Å²) in [6, 6.07) is 4.42. The highest BCUT2D eigenvalue weighted by Crippen LogP contribution is 2.27. The van der Waals surface area contributed by atoms with Crippen molar-refractivity contribution in [1.29, 1.82) is 0 Å². The molecule has 1 aromatic rings. The quantitative estimate of drug-likeness (QED) is 0.755. The third-order valence-electron chi connectivity index (χ3n) is 4.20. The van der Waals surface area contributed by atoms with Gasteiger partial charge in [-0.05, 0) is 31.2 Å². The molecule has 1 N–H and O–H groups in total. The Balaban J connectivity index is 2.36. The van der Waals surface area contributed by atoms with Crippen molar-refractivity contribution in [3.05, 3.63) is 24.3 Å². The van der Waals surface area contributed by atoms with Crippen LogP contribution in [0.3, 0.4) is 0 Å². The van der Waals surface area contributed by atoms with Gasteiger partial charge in [-0.2, -0.15) is 8.61 Å². The molecule has 2 rings (SSSR count). The van der Waals surface area contributed by atoms with Crippen LogP contribution in [0.1, 0.15) is 6.92 Å². The molecule has 136 valence electrons. The van der Waals surface area contributed by atoms with E-state index >= 15 is 0 Å². The van der Waals surface area contributed by atoms with E-state index in [9.17, 15) is 21.9 Å². The van der Waals surface area contributed by atoms with Crippen molar-refractivity contribution >= 4 is 20.0 Å².